The van der Waals surface area contributed by atoms with Crippen LogP contribution in [0.5, 0.6) is 0 Å². The van der Waals surface area contributed by atoms with Crippen molar-refractivity contribution < 1.29 is 23.7 Å². The zero-order valence-corrected chi connectivity index (χ0v) is 15.0. The molecule has 4 amide bonds. The second-order valence-corrected chi connectivity index (χ2v) is 7.15. The van der Waals surface area contributed by atoms with Gasteiger partial charge in [0.25, 0.3) is 5.84 Å². The van der Waals surface area contributed by atoms with E-state index in [0.717, 1.165) is 24.3 Å². The van der Waals surface area contributed by atoms with Gasteiger partial charge in [0.1, 0.15) is 6.21 Å². The number of ether oxygens (including phenoxy) is 1. The fourth-order valence-corrected chi connectivity index (χ4v) is 3.90. The monoisotopic (exact) mass is 365 g/mol. The molecule has 0 aromatic carbocycles. The number of dihydropyridines is 1. The third-order valence-corrected chi connectivity index (χ3v) is 5.52. The number of hydrogen-bond acceptors (Lipinski definition) is 6. The summed E-state index contributed by atoms with van der Waals surface area (Å²) < 4.78 is 6.84. The predicted octanol–water partition coefficient (Wildman–Crippen LogP) is 0.232. The Balaban J connectivity index is 1.61. The number of hydrogen-bond donors (Lipinski definition) is 1. The van der Waals surface area contributed by atoms with E-state index in [-0.39, 0.29) is 23.7 Å². The van der Waals surface area contributed by atoms with Gasteiger partial charge in [-0.25, -0.2) is 4.79 Å². The number of nitrogens with one attached hydrogen (secondary N) is 1. The minimum Gasteiger partial charge on any atom is -0.376 e. The SMILES string of the molecule is CN1C(=O)C2C(SCC(=O)NCC3CCCO3)=CC=NC2=[N+](C)C1=O. The molecule has 2 atom stereocenters. The molecular formula is C16H21N4O4S+. The van der Waals surface area contributed by atoms with E-state index in [0.29, 0.717) is 17.3 Å². The number of thioether (sulfide) groups is 1. The highest BCUT2D eigenvalue weighted by molar-refractivity contribution is 8.03. The molecule has 25 heavy (non-hydrogen) atoms. The molecule has 134 valence electrons. The molecule has 0 spiro atoms. The Morgan fingerprint density at radius 1 is 1.52 bits per heavy atom. The third kappa shape index (κ3) is 3.67. The fourth-order valence-electron chi connectivity index (χ4n) is 2.97. The smallest absolute Gasteiger partial charge is 0.376 e. The molecule has 0 saturated carbocycles. The molecule has 1 N–H and O–H groups in total. The van der Waals surface area contributed by atoms with Crippen molar-refractivity contribution in [2.75, 3.05) is 33.0 Å². The Morgan fingerprint density at radius 2 is 2.32 bits per heavy atom. The highest BCUT2D eigenvalue weighted by Gasteiger charge is 2.47. The first-order valence-corrected chi connectivity index (χ1v) is 9.15. The van der Waals surface area contributed by atoms with Gasteiger partial charge in [0.05, 0.1) is 26.0 Å². The van der Waals surface area contributed by atoms with Crippen LogP contribution in [0.3, 0.4) is 0 Å². The summed E-state index contributed by atoms with van der Waals surface area (Å²) in [5.74, 6) is -0.461. The van der Waals surface area contributed by atoms with E-state index in [1.807, 2.05) is 0 Å². The lowest BCUT2D eigenvalue weighted by atomic mass is 10.0. The maximum Gasteiger partial charge on any atom is 0.445 e. The number of amidine groups is 1. The van der Waals surface area contributed by atoms with Gasteiger partial charge in [0, 0.05) is 18.1 Å². The van der Waals surface area contributed by atoms with Crippen LogP contribution in [-0.4, -0.2) is 78.5 Å². The normalized spacial score (nSPS) is 26.0. The molecule has 3 rings (SSSR count). The number of carbonyl (C=O) groups excluding carboxylic acids is 3. The summed E-state index contributed by atoms with van der Waals surface area (Å²) in [6, 6.07) is -0.408. The molecule has 8 nitrogen and oxygen atoms in total. The van der Waals surface area contributed by atoms with Gasteiger partial charge >= 0.3 is 11.9 Å². The molecule has 3 aliphatic rings. The number of rotatable bonds is 5. The average Bonchev–Trinajstić information content (AvgIpc) is 3.14. The van der Waals surface area contributed by atoms with Crippen LogP contribution >= 0.6 is 11.8 Å². The summed E-state index contributed by atoms with van der Waals surface area (Å²) in [7, 11) is 3.04. The first-order valence-electron chi connectivity index (χ1n) is 8.16. The van der Waals surface area contributed by atoms with Crippen molar-refractivity contribution in [2.24, 2.45) is 10.9 Å². The molecule has 0 aromatic heterocycles. The Morgan fingerprint density at radius 3 is 3.04 bits per heavy atom. The molecule has 0 aliphatic carbocycles. The highest BCUT2D eigenvalue weighted by Crippen LogP contribution is 2.31. The molecule has 3 heterocycles. The Bertz CT molecular complexity index is 694. The Labute approximate surface area is 150 Å². The van der Waals surface area contributed by atoms with Gasteiger partial charge in [-0.05, 0) is 18.9 Å². The number of aliphatic imine (C=N–C) groups is 1. The van der Waals surface area contributed by atoms with Crippen molar-refractivity contribution in [3.63, 3.8) is 0 Å². The standard InChI is InChI=1S/C16H20N4O4S/c1-19-14-13(15(22)20(2)16(19)23)11(5-6-17-14)25-9-12(21)18-8-10-4-3-7-24-10/h5-6,10,13H,3-4,7-9H2,1-2H3/p+1. The van der Waals surface area contributed by atoms with Gasteiger partial charge in [0.2, 0.25) is 5.91 Å². The zero-order valence-electron chi connectivity index (χ0n) is 14.2. The number of nitrogens with zero attached hydrogens (tertiary/aromatic N) is 3. The Kier molecular flexibility index (Phi) is 5.33. The van der Waals surface area contributed by atoms with Gasteiger partial charge in [-0.2, -0.15) is 9.48 Å². The van der Waals surface area contributed by atoms with E-state index in [9.17, 15) is 14.4 Å². The molecule has 0 bridgehead atoms. The molecule has 0 radical (unpaired) electrons. The summed E-state index contributed by atoms with van der Waals surface area (Å²) >= 11 is 1.29. The lowest BCUT2D eigenvalue weighted by molar-refractivity contribution is -0.407. The van der Waals surface area contributed by atoms with E-state index in [1.54, 1.807) is 19.3 Å². The quantitative estimate of drug-likeness (QED) is 0.705. The molecular weight excluding hydrogens is 344 g/mol. The second-order valence-electron chi connectivity index (χ2n) is 6.11. The lowest BCUT2D eigenvalue weighted by Crippen LogP contribution is -2.52. The number of allylic oxidation sites excluding steroid dienone is 1. The molecule has 2 unspecified atom stereocenters. The topological polar surface area (TPSA) is 91.1 Å². The Hall–Kier alpha value is -2.00. The third-order valence-electron chi connectivity index (χ3n) is 4.40. The van der Waals surface area contributed by atoms with Crippen LogP contribution in [0.4, 0.5) is 4.79 Å². The number of urea groups is 1. The van der Waals surface area contributed by atoms with Crippen molar-refractivity contribution in [2.45, 2.75) is 18.9 Å². The van der Waals surface area contributed by atoms with Crippen LogP contribution in [-0.2, 0) is 14.3 Å². The average molecular weight is 365 g/mol. The van der Waals surface area contributed by atoms with Crippen LogP contribution in [0.2, 0.25) is 0 Å². The minimum atomic E-state index is -0.631. The van der Waals surface area contributed by atoms with Gasteiger partial charge in [0.15, 0.2) is 5.92 Å². The molecule has 1 fully saturated rings. The number of fused-ring (bicyclic) bond motifs is 1. The fraction of sp³-hybridized carbons (Fsp3) is 0.562. The molecule has 1 saturated heterocycles. The van der Waals surface area contributed by atoms with E-state index < -0.39 is 11.9 Å². The maximum absolute atomic E-state index is 12.5. The summed E-state index contributed by atoms with van der Waals surface area (Å²) in [6.07, 6.45) is 5.38. The van der Waals surface area contributed by atoms with Crippen molar-refractivity contribution in [3.05, 3.63) is 11.0 Å². The van der Waals surface area contributed by atoms with Gasteiger partial charge in [-0.1, -0.05) is 0 Å². The van der Waals surface area contributed by atoms with E-state index >= 15 is 0 Å². The molecule has 9 heteroatoms. The van der Waals surface area contributed by atoms with Crippen molar-refractivity contribution in [1.29, 1.82) is 0 Å². The summed E-state index contributed by atoms with van der Waals surface area (Å²) in [5, 5.41) is 2.86. The van der Waals surface area contributed by atoms with Crippen molar-refractivity contribution >= 4 is 41.7 Å². The molecule has 3 aliphatic heterocycles. The van der Waals surface area contributed by atoms with E-state index in [4.69, 9.17) is 4.74 Å². The van der Waals surface area contributed by atoms with Gasteiger partial charge < -0.3 is 10.1 Å². The lowest BCUT2D eigenvalue weighted by Gasteiger charge is -2.26. The maximum atomic E-state index is 12.5. The van der Waals surface area contributed by atoms with E-state index in [2.05, 4.69) is 10.3 Å². The summed E-state index contributed by atoms with van der Waals surface area (Å²) in [4.78, 5) is 42.5. The van der Waals surface area contributed by atoms with Gasteiger partial charge in [-0.15, -0.1) is 16.8 Å². The van der Waals surface area contributed by atoms with Crippen LogP contribution < -0.4 is 5.32 Å². The van der Waals surface area contributed by atoms with Crippen LogP contribution in [0.1, 0.15) is 12.8 Å². The van der Waals surface area contributed by atoms with Crippen LogP contribution in [0.25, 0.3) is 0 Å². The summed E-state index contributed by atoms with van der Waals surface area (Å²) in [6.45, 7) is 1.27. The predicted molar refractivity (Wildman–Crippen MR) is 93.9 cm³/mol. The largest absolute Gasteiger partial charge is 0.445 e. The van der Waals surface area contributed by atoms with E-state index in [1.165, 1.54) is 23.4 Å². The van der Waals surface area contributed by atoms with Crippen molar-refractivity contribution in [3.8, 4) is 0 Å². The highest BCUT2D eigenvalue weighted by atomic mass is 32.2. The van der Waals surface area contributed by atoms with Gasteiger partial charge in [-0.3, -0.25) is 9.59 Å². The first kappa shape index (κ1) is 17.8. The second kappa shape index (κ2) is 7.49. The number of imide groups is 1. The van der Waals surface area contributed by atoms with Crippen LogP contribution in [0, 0.1) is 5.92 Å². The van der Waals surface area contributed by atoms with Crippen LogP contribution in [0.15, 0.2) is 16.0 Å². The number of carbonyl (C=O) groups is 3. The van der Waals surface area contributed by atoms with Crippen molar-refractivity contribution in [1.82, 2.24) is 10.2 Å². The minimum absolute atomic E-state index is 0.100. The first-order chi connectivity index (χ1) is 12.0. The zero-order chi connectivity index (χ0) is 18.0. The summed E-state index contributed by atoms with van der Waals surface area (Å²) in [5.41, 5.74) is 0. The number of amides is 4. The molecule has 0 aromatic rings.